The fraction of sp³-hybridized carbons (Fsp3) is 0.393. The van der Waals surface area contributed by atoms with Gasteiger partial charge < -0.3 is 14.9 Å². The lowest BCUT2D eigenvalue weighted by atomic mass is 9.95. The van der Waals surface area contributed by atoms with Crippen molar-refractivity contribution >= 4 is 32.8 Å². The first-order valence-corrected chi connectivity index (χ1v) is 14.4. The minimum atomic E-state index is -4.82. The zero-order valence-corrected chi connectivity index (χ0v) is 23.4. The summed E-state index contributed by atoms with van der Waals surface area (Å²) in [5, 5.41) is 10.1. The van der Waals surface area contributed by atoms with E-state index in [1.807, 2.05) is 48.4 Å². The summed E-state index contributed by atoms with van der Waals surface area (Å²) in [4.78, 5) is 4.64. The van der Waals surface area contributed by atoms with E-state index in [-0.39, 0.29) is 29.6 Å². The maximum Gasteiger partial charge on any atom is 0.421 e. The summed E-state index contributed by atoms with van der Waals surface area (Å²) in [6.07, 6.45) is 0.635. The van der Waals surface area contributed by atoms with Crippen molar-refractivity contribution in [3.8, 4) is 0 Å². The van der Waals surface area contributed by atoms with Gasteiger partial charge in [0.15, 0.2) is 5.60 Å². The van der Waals surface area contributed by atoms with Crippen molar-refractivity contribution < 1.29 is 26.7 Å². The molecule has 0 bridgehead atoms. The molecule has 2 aliphatic rings. The van der Waals surface area contributed by atoms with Crippen LogP contribution < -0.4 is 4.90 Å². The van der Waals surface area contributed by atoms with Crippen molar-refractivity contribution in [3.05, 3.63) is 88.9 Å². The first-order valence-electron chi connectivity index (χ1n) is 12.6. The zero-order valence-electron chi connectivity index (χ0n) is 21.8. The Labute approximate surface area is 233 Å². The molecule has 0 aromatic heterocycles. The number of rotatable bonds is 8. The van der Waals surface area contributed by atoms with Crippen molar-refractivity contribution in [3.63, 3.8) is 0 Å². The van der Waals surface area contributed by atoms with Gasteiger partial charge in [0.1, 0.15) is 0 Å². The van der Waals surface area contributed by atoms with Crippen molar-refractivity contribution in [2.24, 2.45) is 0 Å². The van der Waals surface area contributed by atoms with Gasteiger partial charge in [0.2, 0.25) is 10.0 Å². The lowest BCUT2D eigenvalue weighted by Crippen LogP contribution is -2.58. The summed E-state index contributed by atoms with van der Waals surface area (Å²) < 4.78 is 68.6. The van der Waals surface area contributed by atoms with Gasteiger partial charge >= 0.3 is 6.18 Å². The van der Waals surface area contributed by atoms with Gasteiger partial charge in [-0.2, -0.15) is 17.5 Å². The molecule has 0 amide bonds. The molecule has 0 unspecified atom stereocenters. The topological polar surface area (TPSA) is 64.1 Å². The summed E-state index contributed by atoms with van der Waals surface area (Å²) in [5.41, 5.74) is -1.48. The lowest BCUT2D eigenvalue weighted by molar-refractivity contribution is -0.258. The molecule has 210 valence electrons. The molecule has 6 nitrogen and oxygen atoms in total. The number of hydrogen-bond donors (Lipinski definition) is 1. The van der Waals surface area contributed by atoms with Crippen molar-refractivity contribution in [1.82, 2.24) is 9.21 Å². The largest absolute Gasteiger partial charge is 0.421 e. The Kier molecular flexibility index (Phi) is 8.67. The zero-order chi connectivity index (χ0) is 28.4. The van der Waals surface area contributed by atoms with E-state index in [0.29, 0.717) is 36.6 Å². The summed E-state index contributed by atoms with van der Waals surface area (Å²) in [5.74, 6) is 0. The van der Waals surface area contributed by atoms with Gasteiger partial charge in [0.25, 0.3) is 0 Å². The van der Waals surface area contributed by atoms with Gasteiger partial charge in [-0.25, -0.2) is 8.42 Å². The fourth-order valence-corrected chi connectivity index (χ4v) is 6.97. The smallest absolute Gasteiger partial charge is 0.376 e. The van der Waals surface area contributed by atoms with Crippen molar-refractivity contribution in [2.45, 2.75) is 37.7 Å². The van der Waals surface area contributed by atoms with E-state index < -0.39 is 21.8 Å². The summed E-state index contributed by atoms with van der Waals surface area (Å²) in [6, 6.07) is 15.2. The van der Waals surface area contributed by atoms with Crippen LogP contribution in [0.1, 0.15) is 24.5 Å². The average Bonchev–Trinajstić information content (AvgIpc) is 2.89. The van der Waals surface area contributed by atoms with Gasteiger partial charge in [-0.1, -0.05) is 66.8 Å². The molecule has 0 radical (unpaired) electrons. The van der Waals surface area contributed by atoms with Crippen LogP contribution in [-0.4, -0.2) is 73.0 Å². The quantitative estimate of drug-likeness (QED) is 0.461. The number of piperazine rings is 1. The van der Waals surface area contributed by atoms with E-state index >= 15 is 0 Å². The molecule has 1 aliphatic heterocycles. The van der Waals surface area contributed by atoms with E-state index in [1.54, 1.807) is 18.2 Å². The van der Waals surface area contributed by atoms with E-state index in [1.165, 1.54) is 22.5 Å². The third kappa shape index (κ3) is 6.44. The molecule has 1 heterocycles. The number of nitrogens with zero attached hydrogens (tertiary/aromatic N) is 3. The number of anilines is 1. The lowest BCUT2D eigenvalue weighted by Gasteiger charge is -2.44. The van der Waals surface area contributed by atoms with E-state index in [2.05, 4.69) is 4.90 Å². The van der Waals surface area contributed by atoms with Crippen molar-refractivity contribution in [1.29, 1.82) is 0 Å². The summed E-state index contributed by atoms with van der Waals surface area (Å²) >= 11 is 5.34. The minimum absolute atomic E-state index is 0.142. The molecule has 11 heteroatoms. The third-order valence-electron chi connectivity index (χ3n) is 7.16. The number of hydrogen-bond acceptors (Lipinski definition) is 6. The van der Waals surface area contributed by atoms with Gasteiger partial charge in [-0.15, -0.1) is 0 Å². The van der Waals surface area contributed by atoms with E-state index in [4.69, 9.17) is 12.2 Å². The molecule has 2 atom stereocenters. The fourth-order valence-electron chi connectivity index (χ4n) is 4.89. The van der Waals surface area contributed by atoms with Crippen LogP contribution in [0.4, 0.5) is 18.9 Å². The Morgan fingerprint density at radius 1 is 1.08 bits per heavy atom. The van der Waals surface area contributed by atoms with Crippen LogP contribution >= 0.6 is 12.2 Å². The van der Waals surface area contributed by atoms with Crippen LogP contribution in [0, 0.1) is 0 Å². The van der Waals surface area contributed by atoms with Crippen LogP contribution in [0.5, 0.6) is 0 Å². The highest BCUT2D eigenvalue weighted by molar-refractivity contribution is 7.96. The molecule has 1 aliphatic carbocycles. The predicted molar refractivity (Wildman–Crippen MR) is 151 cm³/mol. The molecule has 1 N–H and O–H groups in total. The Morgan fingerprint density at radius 3 is 2.36 bits per heavy atom. The number of thiocarbonyl (C=S) groups is 1. The van der Waals surface area contributed by atoms with Gasteiger partial charge in [-0.3, -0.25) is 0 Å². The average molecular weight is 580 g/mol. The molecule has 0 saturated carbocycles. The second kappa shape index (κ2) is 11.5. The Hall–Kier alpha value is -2.57. The van der Waals surface area contributed by atoms with Crippen molar-refractivity contribution in [2.75, 3.05) is 38.1 Å². The van der Waals surface area contributed by atoms with E-state index in [0.717, 1.165) is 12.5 Å². The Morgan fingerprint density at radius 2 is 1.74 bits per heavy atom. The van der Waals surface area contributed by atoms with Crippen LogP contribution in [-0.2, 0) is 22.2 Å². The highest BCUT2D eigenvalue weighted by Gasteiger charge is 2.51. The van der Waals surface area contributed by atoms with Gasteiger partial charge in [-0.05, 0) is 43.3 Å². The molecule has 0 spiro atoms. The molecule has 4 rings (SSSR count). The van der Waals surface area contributed by atoms with Gasteiger partial charge in [0.05, 0.1) is 10.9 Å². The number of sulfonamides is 1. The Bertz CT molecular complexity index is 1340. The number of alkyl halides is 3. The number of allylic oxidation sites excluding steroid dienone is 4. The standard InChI is InChI=1S/C28H32F3N3O3S2/c1-27(35,28(29,30)31)22-12-14-23(15-13-22)34-17-16-33(39(36,37)26-11-7-6-10-25(26)38)20-24(34)19-32(2)18-21-8-4-3-5-9-21/h3-9,11-15,24,35H,10,16-20H2,1-2H3/t24-,27-/m0/s1. The normalized spacial score (nSPS) is 20.7. The number of benzene rings is 2. The molecule has 2 aromatic rings. The van der Waals surface area contributed by atoms with Crippen LogP contribution in [0.15, 0.2) is 77.7 Å². The highest BCUT2D eigenvalue weighted by Crippen LogP contribution is 2.39. The van der Waals surface area contributed by atoms with Crippen LogP contribution in [0.2, 0.25) is 0 Å². The number of aliphatic hydroxyl groups is 1. The summed E-state index contributed by atoms with van der Waals surface area (Å²) in [7, 11) is -1.86. The first-order chi connectivity index (χ1) is 18.3. The molecule has 2 aromatic carbocycles. The first kappa shape index (κ1) is 29.4. The number of likely N-dealkylation sites (N-methyl/N-ethyl adjacent to an activating group) is 1. The minimum Gasteiger partial charge on any atom is -0.376 e. The van der Waals surface area contributed by atoms with Crippen LogP contribution in [0.25, 0.3) is 0 Å². The maximum absolute atomic E-state index is 13.5. The third-order valence-corrected chi connectivity index (χ3v) is 9.62. The molecular formula is C28H32F3N3O3S2. The number of halogens is 3. The second-order valence-corrected chi connectivity index (χ2v) is 12.5. The van der Waals surface area contributed by atoms with Gasteiger partial charge in [0, 0.05) is 49.7 Å². The summed E-state index contributed by atoms with van der Waals surface area (Å²) in [6.45, 7) is 2.61. The molecule has 39 heavy (non-hydrogen) atoms. The maximum atomic E-state index is 13.5. The van der Waals surface area contributed by atoms with Crippen LogP contribution in [0.3, 0.4) is 0 Å². The second-order valence-electron chi connectivity index (χ2n) is 10.1. The highest BCUT2D eigenvalue weighted by atomic mass is 32.2. The predicted octanol–water partition coefficient (Wildman–Crippen LogP) is 4.62. The molecule has 1 saturated heterocycles. The Balaban J connectivity index is 1.60. The monoisotopic (exact) mass is 579 g/mol. The van der Waals surface area contributed by atoms with E-state index in [9.17, 15) is 26.7 Å². The molecule has 1 fully saturated rings. The molecular weight excluding hydrogens is 547 g/mol. The SMILES string of the molecule is CN(Cc1ccccc1)C[C@H]1CN(S(=O)(=O)C2=CC=CCC2=S)CCN1c1ccc([C@](C)(O)C(F)(F)F)cc1.